The predicted octanol–water partition coefficient (Wildman–Crippen LogP) is 5.31. The van der Waals surface area contributed by atoms with E-state index in [9.17, 15) is 9.18 Å². The molecule has 0 bridgehead atoms. The first-order valence-corrected chi connectivity index (χ1v) is 9.66. The second-order valence-corrected chi connectivity index (χ2v) is 7.30. The maximum Gasteiger partial charge on any atom is 0.267 e. The molecule has 0 aliphatic rings. The highest BCUT2D eigenvalue weighted by Gasteiger charge is 2.12. The molecule has 1 N–H and O–H groups in total. The first kappa shape index (κ1) is 18.8. The molecule has 0 atom stereocenters. The second-order valence-electron chi connectivity index (χ2n) is 6.19. The van der Waals surface area contributed by atoms with Gasteiger partial charge in [-0.1, -0.05) is 18.2 Å². The summed E-state index contributed by atoms with van der Waals surface area (Å²) in [5.74, 6) is 0.753. The highest BCUT2D eigenvalue weighted by atomic mass is 32.1. The van der Waals surface area contributed by atoms with Crippen molar-refractivity contribution in [2.24, 2.45) is 0 Å². The van der Waals surface area contributed by atoms with Crippen LogP contribution in [0.5, 0.6) is 11.5 Å². The number of benzene rings is 2. The Kier molecular flexibility index (Phi) is 5.58. The zero-order valence-corrected chi connectivity index (χ0v) is 16.0. The van der Waals surface area contributed by atoms with Crippen molar-refractivity contribution < 1.29 is 13.9 Å². The molecule has 4 rings (SSSR count). The highest BCUT2D eigenvalue weighted by molar-refractivity contribution is 7.13. The van der Waals surface area contributed by atoms with E-state index in [4.69, 9.17) is 4.74 Å². The minimum Gasteiger partial charge on any atom is -0.457 e. The number of aromatic nitrogens is 2. The van der Waals surface area contributed by atoms with Crippen molar-refractivity contribution in [1.82, 2.24) is 9.97 Å². The predicted molar refractivity (Wildman–Crippen MR) is 110 cm³/mol. The number of hydrogen-bond donors (Lipinski definition) is 1. The van der Waals surface area contributed by atoms with Gasteiger partial charge < -0.3 is 10.1 Å². The Morgan fingerprint density at radius 2 is 1.83 bits per heavy atom. The van der Waals surface area contributed by atoms with Crippen molar-refractivity contribution in [2.45, 2.75) is 6.42 Å². The lowest BCUT2D eigenvalue weighted by atomic mass is 10.2. The number of nitrogens with one attached hydrogen (secondary N) is 1. The van der Waals surface area contributed by atoms with E-state index >= 15 is 0 Å². The van der Waals surface area contributed by atoms with Gasteiger partial charge in [0.1, 0.15) is 22.2 Å². The molecular formula is C22H16FN3O2S. The molecule has 0 spiro atoms. The average Bonchev–Trinajstić information content (AvgIpc) is 3.19. The Labute approximate surface area is 170 Å². The third-order valence-electron chi connectivity index (χ3n) is 4.02. The molecular weight excluding hydrogens is 389 g/mol. The van der Waals surface area contributed by atoms with E-state index in [2.05, 4.69) is 15.3 Å². The van der Waals surface area contributed by atoms with E-state index in [-0.39, 0.29) is 11.7 Å². The van der Waals surface area contributed by atoms with Gasteiger partial charge in [0, 0.05) is 30.6 Å². The van der Waals surface area contributed by atoms with Gasteiger partial charge in [0.05, 0.1) is 11.2 Å². The summed E-state index contributed by atoms with van der Waals surface area (Å²) in [7, 11) is 0. The Bertz CT molecular complexity index is 1110. The SMILES string of the molecule is O=C(Nc1cccc(Oc2ccncc2)c1)c1cnc(Cc2ccc(F)cc2)s1. The quantitative estimate of drug-likeness (QED) is 0.472. The van der Waals surface area contributed by atoms with Gasteiger partial charge in [0.15, 0.2) is 0 Å². The summed E-state index contributed by atoms with van der Waals surface area (Å²) >= 11 is 1.31. The summed E-state index contributed by atoms with van der Waals surface area (Å²) in [6.07, 6.45) is 5.40. The summed E-state index contributed by atoms with van der Waals surface area (Å²) in [4.78, 5) is 21.3. The topological polar surface area (TPSA) is 64.1 Å². The Morgan fingerprint density at radius 1 is 1.03 bits per heavy atom. The number of amides is 1. The number of ether oxygens (including phenoxy) is 1. The molecule has 0 unspecified atom stereocenters. The number of carbonyl (C=O) groups excluding carboxylic acids is 1. The van der Waals surface area contributed by atoms with Gasteiger partial charge in [0.25, 0.3) is 5.91 Å². The standard InChI is InChI=1S/C22H16FN3O2S/c23-16-6-4-15(5-7-16)12-21-25-14-20(29-21)22(27)26-17-2-1-3-19(13-17)28-18-8-10-24-11-9-18/h1-11,13-14H,12H2,(H,26,27). The van der Waals surface area contributed by atoms with Crippen molar-refractivity contribution in [3.63, 3.8) is 0 Å². The van der Waals surface area contributed by atoms with Crippen LogP contribution in [0.3, 0.4) is 0 Å². The van der Waals surface area contributed by atoms with Crippen molar-refractivity contribution in [2.75, 3.05) is 5.32 Å². The van der Waals surface area contributed by atoms with Gasteiger partial charge in [-0.3, -0.25) is 9.78 Å². The number of anilines is 1. The van der Waals surface area contributed by atoms with E-state index in [1.807, 2.05) is 6.07 Å². The first-order valence-electron chi connectivity index (χ1n) is 8.84. The van der Waals surface area contributed by atoms with E-state index in [0.717, 1.165) is 10.6 Å². The van der Waals surface area contributed by atoms with Gasteiger partial charge in [-0.05, 0) is 42.0 Å². The monoisotopic (exact) mass is 405 g/mol. The van der Waals surface area contributed by atoms with Crippen LogP contribution in [0, 0.1) is 5.82 Å². The molecule has 0 fully saturated rings. The summed E-state index contributed by atoms with van der Waals surface area (Å²) in [5, 5.41) is 3.65. The lowest BCUT2D eigenvalue weighted by Gasteiger charge is -2.08. The largest absolute Gasteiger partial charge is 0.457 e. The Hall–Kier alpha value is -3.58. The fourth-order valence-corrected chi connectivity index (χ4v) is 3.49. The molecule has 2 aromatic heterocycles. The molecule has 0 radical (unpaired) electrons. The van der Waals surface area contributed by atoms with Crippen LogP contribution in [-0.4, -0.2) is 15.9 Å². The third kappa shape index (κ3) is 5.03. The molecule has 0 aliphatic heterocycles. The van der Waals surface area contributed by atoms with Crippen molar-refractivity contribution in [3.8, 4) is 11.5 Å². The number of nitrogens with zero attached hydrogens (tertiary/aromatic N) is 2. The summed E-state index contributed by atoms with van der Waals surface area (Å²) in [5.41, 5.74) is 1.56. The van der Waals surface area contributed by atoms with Crippen molar-refractivity contribution in [3.05, 3.63) is 101 Å². The number of hydrogen-bond acceptors (Lipinski definition) is 5. The van der Waals surface area contributed by atoms with Crippen LogP contribution in [0.2, 0.25) is 0 Å². The minimum atomic E-state index is -0.275. The van der Waals surface area contributed by atoms with Crippen molar-refractivity contribution in [1.29, 1.82) is 0 Å². The maximum absolute atomic E-state index is 13.0. The van der Waals surface area contributed by atoms with Crippen LogP contribution in [0.25, 0.3) is 0 Å². The van der Waals surface area contributed by atoms with E-state index < -0.39 is 0 Å². The average molecular weight is 405 g/mol. The summed E-state index contributed by atoms with van der Waals surface area (Å²) < 4.78 is 18.8. The normalized spacial score (nSPS) is 10.5. The molecule has 29 heavy (non-hydrogen) atoms. The van der Waals surface area contributed by atoms with Gasteiger partial charge in [0.2, 0.25) is 0 Å². The van der Waals surface area contributed by atoms with Gasteiger partial charge in [-0.25, -0.2) is 9.37 Å². The minimum absolute atomic E-state index is 0.242. The Balaban J connectivity index is 1.41. The molecule has 5 nitrogen and oxygen atoms in total. The van der Waals surface area contributed by atoms with E-state index in [1.165, 1.54) is 23.5 Å². The number of thiazole rings is 1. The van der Waals surface area contributed by atoms with Crippen molar-refractivity contribution >= 4 is 22.9 Å². The highest BCUT2D eigenvalue weighted by Crippen LogP contribution is 2.24. The molecule has 2 heterocycles. The van der Waals surface area contributed by atoms with Crippen LogP contribution >= 0.6 is 11.3 Å². The Morgan fingerprint density at radius 3 is 2.62 bits per heavy atom. The second kappa shape index (κ2) is 8.62. The van der Waals surface area contributed by atoms with Crippen LogP contribution in [0.1, 0.15) is 20.2 Å². The zero-order chi connectivity index (χ0) is 20.1. The maximum atomic E-state index is 13.0. The smallest absolute Gasteiger partial charge is 0.267 e. The van der Waals surface area contributed by atoms with Crippen LogP contribution in [0.15, 0.2) is 79.3 Å². The molecule has 7 heteroatoms. The summed E-state index contributed by atoms with van der Waals surface area (Å²) in [6, 6.07) is 16.9. The fraction of sp³-hybridized carbons (Fsp3) is 0.0455. The molecule has 0 saturated heterocycles. The zero-order valence-electron chi connectivity index (χ0n) is 15.2. The number of carbonyl (C=O) groups is 1. The lowest BCUT2D eigenvalue weighted by Crippen LogP contribution is -2.10. The molecule has 0 aliphatic carbocycles. The van der Waals surface area contributed by atoms with Crippen LogP contribution < -0.4 is 10.1 Å². The molecule has 4 aromatic rings. The lowest BCUT2D eigenvalue weighted by molar-refractivity contribution is 0.103. The van der Waals surface area contributed by atoms with Gasteiger partial charge >= 0.3 is 0 Å². The third-order valence-corrected chi connectivity index (χ3v) is 5.02. The first-order chi connectivity index (χ1) is 14.2. The van der Waals surface area contributed by atoms with E-state index in [0.29, 0.717) is 28.5 Å². The van der Waals surface area contributed by atoms with Crippen LogP contribution in [-0.2, 0) is 6.42 Å². The number of pyridine rings is 1. The molecule has 1 amide bonds. The molecule has 0 saturated carbocycles. The molecule has 144 valence electrons. The van der Waals surface area contributed by atoms with Gasteiger partial charge in [-0.15, -0.1) is 11.3 Å². The number of halogens is 1. The van der Waals surface area contributed by atoms with E-state index in [1.54, 1.807) is 61.1 Å². The number of rotatable bonds is 6. The fourth-order valence-electron chi connectivity index (χ4n) is 2.65. The van der Waals surface area contributed by atoms with Gasteiger partial charge in [-0.2, -0.15) is 0 Å². The van der Waals surface area contributed by atoms with Crippen LogP contribution in [0.4, 0.5) is 10.1 Å². The molecule has 2 aromatic carbocycles. The summed E-state index contributed by atoms with van der Waals surface area (Å²) in [6.45, 7) is 0.